The molecule has 2 heterocycles. The quantitative estimate of drug-likeness (QED) is 0.772. The van der Waals surface area contributed by atoms with Crippen LogP contribution in [0.1, 0.15) is 47.9 Å². The molecule has 3 rings (SSSR count). The Morgan fingerprint density at radius 3 is 2.29 bits per heavy atom. The third kappa shape index (κ3) is 4.25. The minimum Gasteiger partial charge on any atom is -0.335 e. The molecule has 1 atom stereocenters. The van der Waals surface area contributed by atoms with E-state index in [-0.39, 0.29) is 19.0 Å². The molecule has 150 valence electrons. The first-order chi connectivity index (χ1) is 13.3. The molecule has 1 aliphatic heterocycles. The lowest BCUT2D eigenvalue weighted by Gasteiger charge is -2.33. The van der Waals surface area contributed by atoms with Gasteiger partial charge in [0.25, 0.3) is 5.91 Å². The van der Waals surface area contributed by atoms with Gasteiger partial charge in [-0.3, -0.25) is 4.79 Å². The fraction of sp³-hybridized carbons (Fsp3) is 0.429. The van der Waals surface area contributed by atoms with Gasteiger partial charge in [-0.1, -0.05) is 32.0 Å². The predicted octanol–water partition coefficient (Wildman–Crippen LogP) is 3.05. The Bertz CT molecular complexity index is 934. The molecule has 0 radical (unpaired) electrons. The van der Waals surface area contributed by atoms with Gasteiger partial charge in [-0.25, -0.2) is 13.4 Å². The Kier molecular flexibility index (Phi) is 6.15. The maximum atomic E-state index is 12.9. The molecule has 2 aromatic rings. The minimum absolute atomic E-state index is 0.154. The van der Waals surface area contributed by atoms with Crippen LogP contribution in [-0.4, -0.2) is 54.7 Å². The Labute approximate surface area is 167 Å². The summed E-state index contributed by atoms with van der Waals surface area (Å²) in [6.07, 6.45) is 1.01. The molecule has 6 nitrogen and oxygen atoms in total. The lowest BCUT2D eigenvalue weighted by molar-refractivity contribution is 0.0691. The van der Waals surface area contributed by atoms with Gasteiger partial charge in [0.15, 0.2) is 0 Å². The number of hydrogen-bond acceptors (Lipinski definition) is 4. The topological polar surface area (TPSA) is 70.6 Å². The van der Waals surface area contributed by atoms with Crippen LogP contribution in [-0.2, 0) is 10.0 Å². The molecule has 1 aromatic carbocycles. The standard InChI is InChI=1S/C21H27N3O3S/c1-4-16(2)18-8-10-19(11-9-18)28(26,27)24-14-12-23(13-15-24)21(25)20-7-5-6-17(3)22-20/h5-11,16H,4,12-15H2,1-3H3/t16-/m1/s1. The average molecular weight is 402 g/mol. The van der Waals surface area contributed by atoms with Crippen LogP contribution in [0.4, 0.5) is 0 Å². The third-order valence-corrected chi connectivity index (χ3v) is 7.25. The van der Waals surface area contributed by atoms with Crippen molar-refractivity contribution in [2.45, 2.75) is 38.0 Å². The predicted molar refractivity (Wildman–Crippen MR) is 109 cm³/mol. The van der Waals surface area contributed by atoms with Crippen LogP contribution in [0.25, 0.3) is 0 Å². The fourth-order valence-corrected chi connectivity index (χ4v) is 4.73. The molecule has 0 spiro atoms. The first-order valence-corrected chi connectivity index (χ1v) is 11.1. The first kappa shape index (κ1) is 20.5. The minimum atomic E-state index is -3.55. The van der Waals surface area contributed by atoms with Crippen LogP contribution < -0.4 is 0 Å². The molecular formula is C21H27N3O3S. The Morgan fingerprint density at radius 2 is 1.71 bits per heavy atom. The lowest BCUT2D eigenvalue weighted by atomic mass is 9.99. The highest BCUT2D eigenvalue weighted by atomic mass is 32.2. The van der Waals surface area contributed by atoms with E-state index < -0.39 is 10.0 Å². The zero-order valence-electron chi connectivity index (χ0n) is 16.6. The molecule has 0 unspecified atom stereocenters. The number of aryl methyl sites for hydroxylation is 1. The number of pyridine rings is 1. The van der Waals surface area contributed by atoms with Crippen molar-refractivity contribution in [3.8, 4) is 0 Å². The van der Waals surface area contributed by atoms with Gasteiger partial charge >= 0.3 is 0 Å². The molecule has 7 heteroatoms. The van der Waals surface area contributed by atoms with Crippen molar-refractivity contribution >= 4 is 15.9 Å². The number of rotatable bonds is 5. The highest BCUT2D eigenvalue weighted by molar-refractivity contribution is 7.89. The van der Waals surface area contributed by atoms with E-state index >= 15 is 0 Å². The normalized spacial score (nSPS) is 16.8. The summed E-state index contributed by atoms with van der Waals surface area (Å²) in [4.78, 5) is 18.8. The molecule has 28 heavy (non-hydrogen) atoms. The van der Waals surface area contributed by atoms with E-state index in [0.29, 0.717) is 29.6 Å². The Balaban J connectivity index is 1.67. The Hall–Kier alpha value is -2.25. The summed E-state index contributed by atoms with van der Waals surface area (Å²) in [7, 11) is -3.55. The van der Waals surface area contributed by atoms with Gasteiger partial charge in [0.1, 0.15) is 5.69 Å². The van der Waals surface area contributed by atoms with Crippen molar-refractivity contribution in [1.29, 1.82) is 0 Å². The molecule has 1 saturated heterocycles. The van der Waals surface area contributed by atoms with Crippen LogP contribution in [0.3, 0.4) is 0 Å². The first-order valence-electron chi connectivity index (χ1n) is 9.66. The number of nitrogens with zero attached hydrogens (tertiary/aromatic N) is 3. The van der Waals surface area contributed by atoms with Gasteiger partial charge in [-0.05, 0) is 49.1 Å². The second-order valence-corrected chi connectivity index (χ2v) is 9.18. The van der Waals surface area contributed by atoms with Crippen molar-refractivity contribution in [3.63, 3.8) is 0 Å². The summed E-state index contributed by atoms with van der Waals surface area (Å²) in [5.41, 5.74) is 2.33. The summed E-state index contributed by atoms with van der Waals surface area (Å²) in [5.74, 6) is 0.250. The van der Waals surface area contributed by atoms with E-state index in [1.807, 2.05) is 25.1 Å². The number of piperazine rings is 1. The number of amides is 1. The van der Waals surface area contributed by atoms with Gasteiger partial charge in [-0.15, -0.1) is 0 Å². The molecule has 0 N–H and O–H groups in total. The van der Waals surface area contributed by atoms with Crippen molar-refractivity contribution < 1.29 is 13.2 Å². The third-order valence-electron chi connectivity index (χ3n) is 5.33. The number of hydrogen-bond donors (Lipinski definition) is 0. The van der Waals surface area contributed by atoms with Crippen molar-refractivity contribution in [2.75, 3.05) is 26.2 Å². The van der Waals surface area contributed by atoms with E-state index in [1.54, 1.807) is 29.2 Å². The second-order valence-electron chi connectivity index (χ2n) is 7.24. The second kappa shape index (κ2) is 8.41. The number of carbonyl (C=O) groups excluding carboxylic acids is 1. The molecule has 1 aliphatic rings. The van der Waals surface area contributed by atoms with Gasteiger partial charge in [0.2, 0.25) is 10.0 Å². The Morgan fingerprint density at radius 1 is 1.07 bits per heavy atom. The van der Waals surface area contributed by atoms with Crippen LogP contribution in [0.5, 0.6) is 0 Å². The maximum Gasteiger partial charge on any atom is 0.272 e. The zero-order valence-corrected chi connectivity index (χ0v) is 17.4. The highest BCUT2D eigenvalue weighted by Crippen LogP contribution is 2.23. The van der Waals surface area contributed by atoms with Gasteiger partial charge in [-0.2, -0.15) is 4.31 Å². The lowest BCUT2D eigenvalue weighted by Crippen LogP contribution is -2.50. The van der Waals surface area contributed by atoms with E-state index in [2.05, 4.69) is 18.8 Å². The molecular weight excluding hydrogens is 374 g/mol. The monoisotopic (exact) mass is 401 g/mol. The summed E-state index contributed by atoms with van der Waals surface area (Å²) < 4.78 is 27.3. The van der Waals surface area contributed by atoms with Crippen molar-refractivity contribution in [1.82, 2.24) is 14.2 Å². The van der Waals surface area contributed by atoms with E-state index in [4.69, 9.17) is 0 Å². The van der Waals surface area contributed by atoms with E-state index in [9.17, 15) is 13.2 Å². The molecule has 1 fully saturated rings. The summed E-state index contributed by atoms with van der Waals surface area (Å²) >= 11 is 0. The maximum absolute atomic E-state index is 12.9. The molecule has 1 aromatic heterocycles. The summed E-state index contributed by atoms with van der Waals surface area (Å²) in [5, 5.41) is 0. The van der Waals surface area contributed by atoms with Gasteiger partial charge in [0, 0.05) is 31.9 Å². The molecule has 0 saturated carbocycles. The molecule has 1 amide bonds. The molecule has 0 bridgehead atoms. The van der Waals surface area contributed by atoms with E-state index in [0.717, 1.165) is 17.7 Å². The van der Waals surface area contributed by atoms with Crippen LogP contribution in [0, 0.1) is 6.92 Å². The number of sulfonamides is 1. The number of aromatic nitrogens is 1. The smallest absolute Gasteiger partial charge is 0.272 e. The SMILES string of the molecule is CC[C@@H](C)c1ccc(S(=O)(=O)N2CCN(C(=O)c3cccc(C)n3)CC2)cc1. The highest BCUT2D eigenvalue weighted by Gasteiger charge is 2.30. The van der Waals surface area contributed by atoms with Gasteiger partial charge in [0.05, 0.1) is 4.90 Å². The van der Waals surface area contributed by atoms with Crippen LogP contribution in [0.15, 0.2) is 47.4 Å². The largest absolute Gasteiger partial charge is 0.335 e. The summed E-state index contributed by atoms with van der Waals surface area (Å²) in [6, 6.07) is 12.5. The van der Waals surface area contributed by atoms with Crippen LogP contribution >= 0.6 is 0 Å². The number of carbonyl (C=O) groups is 1. The number of benzene rings is 1. The molecule has 0 aliphatic carbocycles. The van der Waals surface area contributed by atoms with Crippen molar-refractivity contribution in [3.05, 3.63) is 59.4 Å². The summed E-state index contributed by atoms with van der Waals surface area (Å²) in [6.45, 7) is 7.37. The van der Waals surface area contributed by atoms with Gasteiger partial charge < -0.3 is 4.90 Å². The van der Waals surface area contributed by atoms with Crippen molar-refractivity contribution in [2.24, 2.45) is 0 Å². The fourth-order valence-electron chi connectivity index (χ4n) is 3.31. The zero-order chi connectivity index (χ0) is 20.3. The van der Waals surface area contributed by atoms with E-state index in [1.165, 1.54) is 4.31 Å². The van der Waals surface area contributed by atoms with Crippen LogP contribution in [0.2, 0.25) is 0 Å². The average Bonchev–Trinajstić information content (AvgIpc) is 2.72.